The number of anilines is 1. The molecule has 1 amide bonds. The highest BCUT2D eigenvalue weighted by Gasteiger charge is 2.20. The molecular formula is C17H16F2N2O3. The molecular weight excluding hydrogens is 318 g/mol. The quantitative estimate of drug-likeness (QED) is 0.650. The number of halogens is 2. The molecule has 0 saturated heterocycles. The summed E-state index contributed by atoms with van der Waals surface area (Å²) in [6.45, 7) is 1.57. The minimum absolute atomic E-state index is 0.0189. The van der Waals surface area contributed by atoms with Crippen LogP contribution in [0.1, 0.15) is 22.8 Å². The number of carbonyl (C=O) groups excluding carboxylic acids is 2. The van der Waals surface area contributed by atoms with Crippen molar-refractivity contribution in [3.05, 3.63) is 65.2 Å². The van der Waals surface area contributed by atoms with Gasteiger partial charge in [-0.2, -0.15) is 0 Å². The maximum Gasteiger partial charge on any atom is 0.341 e. The van der Waals surface area contributed by atoms with Gasteiger partial charge in [0.05, 0.1) is 5.56 Å². The molecule has 0 spiro atoms. The highest BCUT2D eigenvalue weighted by molar-refractivity contribution is 5.96. The molecule has 2 rings (SSSR count). The first kappa shape index (κ1) is 17.4. The van der Waals surface area contributed by atoms with Crippen molar-refractivity contribution in [2.24, 2.45) is 0 Å². The molecule has 7 heteroatoms. The molecule has 126 valence electrons. The lowest BCUT2D eigenvalue weighted by atomic mass is 10.2. The number of amides is 1. The van der Waals surface area contributed by atoms with Crippen molar-refractivity contribution >= 4 is 17.6 Å². The number of hydrogen-bond acceptors (Lipinski definition) is 4. The number of nitrogens with two attached hydrogens (primary N) is 1. The number of nitrogens with one attached hydrogen (secondary N) is 1. The van der Waals surface area contributed by atoms with Gasteiger partial charge in [0.25, 0.3) is 5.91 Å². The molecule has 0 aromatic heterocycles. The van der Waals surface area contributed by atoms with Crippen LogP contribution in [0.3, 0.4) is 0 Å². The van der Waals surface area contributed by atoms with E-state index in [1.54, 1.807) is 0 Å². The lowest BCUT2D eigenvalue weighted by Crippen LogP contribution is -2.35. The second-order valence-electron chi connectivity index (χ2n) is 5.12. The van der Waals surface area contributed by atoms with Gasteiger partial charge >= 0.3 is 5.97 Å². The zero-order valence-corrected chi connectivity index (χ0v) is 12.9. The minimum atomic E-state index is -1.07. The summed E-state index contributed by atoms with van der Waals surface area (Å²) in [7, 11) is 0. The van der Waals surface area contributed by atoms with Crippen molar-refractivity contribution < 1.29 is 23.1 Å². The van der Waals surface area contributed by atoms with Crippen LogP contribution in [0.2, 0.25) is 0 Å². The van der Waals surface area contributed by atoms with E-state index in [1.165, 1.54) is 37.3 Å². The smallest absolute Gasteiger partial charge is 0.341 e. The van der Waals surface area contributed by atoms with Crippen LogP contribution in [-0.2, 0) is 16.1 Å². The monoisotopic (exact) mass is 334 g/mol. The van der Waals surface area contributed by atoms with Gasteiger partial charge in [-0.25, -0.2) is 13.6 Å². The van der Waals surface area contributed by atoms with E-state index < -0.39 is 23.8 Å². The summed E-state index contributed by atoms with van der Waals surface area (Å²) in [6.07, 6.45) is -1.07. The number of benzene rings is 2. The molecule has 0 bridgehead atoms. The van der Waals surface area contributed by atoms with E-state index in [4.69, 9.17) is 10.5 Å². The molecule has 0 fully saturated rings. The lowest BCUT2D eigenvalue weighted by molar-refractivity contribution is -0.129. The van der Waals surface area contributed by atoms with Gasteiger partial charge in [-0.15, -0.1) is 0 Å². The third-order valence-electron chi connectivity index (χ3n) is 3.27. The first-order valence-electron chi connectivity index (χ1n) is 7.15. The normalized spacial score (nSPS) is 11.6. The number of ether oxygens (including phenoxy) is 1. The van der Waals surface area contributed by atoms with Gasteiger partial charge in [-0.05, 0) is 42.8 Å². The van der Waals surface area contributed by atoms with E-state index in [-0.39, 0.29) is 23.6 Å². The fraction of sp³-hybridized carbons (Fsp3) is 0.176. The topological polar surface area (TPSA) is 81.4 Å². The largest absolute Gasteiger partial charge is 0.449 e. The van der Waals surface area contributed by atoms with E-state index in [0.717, 1.165) is 12.1 Å². The third-order valence-corrected chi connectivity index (χ3v) is 3.27. The van der Waals surface area contributed by atoms with Gasteiger partial charge in [0, 0.05) is 12.2 Å². The van der Waals surface area contributed by atoms with Crippen LogP contribution < -0.4 is 11.1 Å². The van der Waals surface area contributed by atoms with Crippen molar-refractivity contribution in [1.29, 1.82) is 0 Å². The van der Waals surface area contributed by atoms with Crippen LogP contribution >= 0.6 is 0 Å². The molecule has 2 aromatic rings. The molecule has 0 aliphatic heterocycles. The van der Waals surface area contributed by atoms with Crippen molar-refractivity contribution in [2.75, 3.05) is 5.73 Å². The second-order valence-corrected chi connectivity index (χ2v) is 5.12. The molecule has 0 aliphatic carbocycles. The van der Waals surface area contributed by atoms with E-state index in [0.29, 0.717) is 5.56 Å². The van der Waals surface area contributed by atoms with E-state index >= 15 is 0 Å². The molecule has 1 unspecified atom stereocenters. The van der Waals surface area contributed by atoms with Crippen LogP contribution in [0.25, 0.3) is 0 Å². The molecule has 0 aliphatic rings. The number of hydrogen-bond donors (Lipinski definition) is 2. The van der Waals surface area contributed by atoms with Crippen LogP contribution in [0, 0.1) is 11.6 Å². The highest BCUT2D eigenvalue weighted by atomic mass is 19.1. The Hall–Kier alpha value is -2.96. The Morgan fingerprint density at radius 2 is 1.75 bits per heavy atom. The van der Waals surface area contributed by atoms with Crippen molar-refractivity contribution in [3.8, 4) is 0 Å². The standard InChI is InChI=1S/C17H16F2N2O3/c1-10(16(22)21-9-11-2-4-12(18)5-3-11)24-17(23)14-7-6-13(19)8-15(14)20/h2-8,10H,9,20H2,1H3,(H,21,22). The van der Waals surface area contributed by atoms with Crippen molar-refractivity contribution in [1.82, 2.24) is 5.32 Å². The van der Waals surface area contributed by atoms with E-state index in [9.17, 15) is 18.4 Å². The second kappa shape index (κ2) is 7.54. The molecule has 3 N–H and O–H groups in total. The molecule has 24 heavy (non-hydrogen) atoms. The van der Waals surface area contributed by atoms with E-state index in [2.05, 4.69) is 5.32 Å². The predicted molar refractivity (Wildman–Crippen MR) is 83.9 cm³/mol. The Morgan fingerprint density at radius 3 is 2.38 bits per heavy atom. The van der Waals surface area contributed by atoms with Gasteiger partial charge in [-0.1, -0.05) is 12.1 Å². The van der Waals surface area contributed by atoms with E-state index in [1.807, 2.05) is 0 Å². The summed E-state index contributed by atoms with van der Waals surface area (Å²) < 4.78 is 30.8. The SMILES string of the molecule is CC(OC(=O)c1ccc(F)cc1N)C(=O)NCc1ccc(F)cc1. The number of nitrogen functional groups attached to an aromatic ring is 1. The third kappa shape index (κ3) is 4.52. The Kier molecular flexibility index (Phi) is 5.47. The predicted octanol–water partition coefficient (Wildman–Crippen LogP) is 2.41. The maximum atomic E-state index is 13.0. The average molecular weight is 334 g/mol. The Morgan fingerprint density at radius 1 is 1.12 bits per heavy atom. The maximum absolute atomic E-state index is 13.0. The zero-order valence-electron chi connectivity index (χ0n) is 12.9. The summed E-state index contributed by atoms with van der Waals surface area (Å²) in [5.74, 6) is -2.29. The summed E-state index contributed by atoms with van der Waals surface area (Å²) in [5.41, 5.74) is 6.16. The van der Waals surface area contributed by atoms with Gasteiger partial charge in [0.15, 0.2) is 6.10 Å². The van der Waals surface area contributed by atoms with Crippen molar-refractivity contribution in [2.45, 2.75) is 19.6 Å². The zero-order chi connectivity index (χ0) is 17.7. The fourth-order valence-corrected chi connectivity index (χ4v) is 1.93. The number of rotatable bonds is 5. The number of esters is 1. The lowest BCUT2D eigenvalue weighted by Gasteiger charge is -2.14. The fourth-order valence-electron chi connectivity index (χ4n) is 1.93. The van der Waals surface area contributed by atoms with Crippen LogP contribution in [0.4, 0.5) is 14.5 Å². The average Bonchev–Trinajstić information content (AvgIpc) is 2.53. The highest BCUT2D eigenvalue weighted by Crippen LogP contribution is 2.15. The summed E-state index contributed by atoms with van der Waals surface area (Å²) >= 11 is 0. The Labute approximate surface area is 137 Å². The van der Waals surface area contributed by atoms with Crippen LogP contribution in [0.15, 0.2) is 42.5 Å². The molecule has 5 nitrogen and oxygen atoms in total. The summed E-state index contributed by atoms with van der Waals surface area (Å²) in [5, 5.41) is 2.57. The van der Waals surface area contributed by atoms with Crippen molar-refractivity contribution in [3.63, 3.8) is 0 Å². The van der Waals surface area contributed by atoms with Gasteiger partial charge in [0.2, 0.25) is 0 Å². The van der Waals surface area contributed by atoms with Gasteiger partial charge in [-0.3, -0.25) is 4.79 Å². The molecule has 0 radical (unpaired) electrons. The van der Waals surface area contributed by atoms with Gasteiger partial charge < -0.3 is 15.8 Å². The molecule has 2 aromatic carbocycles. The molecule has 0 heterocycles. The van der Waals surface area contributed by atoms with Crippen LogP contribution in [-0.4, -0.2) is 18.0 Å². The molecule has 1 atom stereocenters. The molecule has 0 saturated carbocycles. The Bertz CT molecular complexity index is 748. The Balaban J connectivity index is 1.90. The number of carbonyl (C=O) groups is 2. The van der Waals surface area contributed by atoms with Gasteiger partial charge in [0.1, 0.15) is 11.6 Å². The van der Waals surface area contributed by atoms with Crippen LogP contribution in [0.5, 0.6) is 0 Å². The first-order valence-corrected chi connectivity index (χ1v) is 7.15. The summed E-state index contributed by atoms with van der Waals surface area (Å²) in [6, 6.07) is 8.89. The summed E-state index contributed by atoms with van der Waals surface area (Å²) in [4.78, 5) is 23.9. The first-order chi connectivity index (χ1) is 11.4. The minimum Gasteiger partial charge on any atom is -0.449 e.